The molecule has 90 valence electrons. The molecule has 0 aliphatic heterocycles. The first-order valence-electron chi connectivity index (χ1n) is 5.05. The predicted octanol–water partition coefficient (Wildman–Crippen LogP) is 2.03. The van der Waals surface area contributed by atoms with Gasteiger partial charge in [0.2, 0.25) is 5.91 Å². The second kappa shape index (κ2) is 6.32. The monoisotopic (exact) mass is 305 g/mol. The average molecular weight is 306 g/mol. The second-order valence-electron chi connectivity index (χ2n) is 3.72. The number of nitrogens with one attached hydrogen (secondary N) is 1. The van der Waals surface area contributed by atoms with E-state index in [-0.39, 0.29) is 11.9 Å². The zero-order valence-corrected chi connectivity index (χ0v) is 12.1. The van der Waals surface area contributed by atoms with E-state index >= 15 is 0 Å². The predicted molar refractivity (Wildman–Crippen MR) is 69.5 cm³/mol. The van der Waals surface area contributed by atoms with Crippen molar-refractivity contribution < 1.29 is 4.79 Å². The Hall–Kier alpha value is -0.460. The quantitative estimate of drug-likeness (QED) is 0.905. The van der Waals surface area contributed by atoms with Crippen LogP contribution in [-0.4, -0.2) is 36.4 Å². The summed E-state index contributed by atoms with van der Waals surface area (Å²) in [5.41, 5.74) is 0. The highest BCUT2D eigenvalue weighted by Crippen LogP contribution is 2.23. The minimum absolute atomic E-state index is 0.139. The molecule has 0 aliphatic rings. The molecule has 0 saturated heterocycles. The van der Waals surface area contributed by atoms with Gasteiger partial charge in [0.15, 0.2) is 0 Å². The highest BCUT2D eigenvalue weighted by atomic mass is 79.9. The highest BCUT2D eigenvalue weighted by molar-refractivity contribution is 9.11. The summed E-state index contributed by atoms with van der Waals surface area (Å²) < 4.78 is 1.03. The van der Waals surface area contributed by atoms with Crippen molar-refractivity contribution in [1.82, 2.24) is 15.2 Å². The van der Waals surface area contributed by atoms with Crippen molar-refractivity contribution in [3.63, 3.8) is 0 Å². The molecule has 0 bridgehead atoms. The first kappa shape index (κ1) is 13.6. The number of nitrogens with zero attached hydrogens (tertiary/aromatic N) is 2. The standard InChI is InChI=1S/C10H16BrN3OS/c1-7(10-13-6-8(11)16-10)12-5-4-9(15)14(2)3/h6-7,12H,4-5H2,1-3H3. The Bertz CT molecular complexity index is 354. The molecular formula is C10H16BrN3OS. The van der Waals surface area contributed by atoms with Crippen LogP contribution in [0.15, 0.2) is 9.98 Å². The van der Waals surface area contributed by atoms with E-state index < -0.39 is 0 Å². The molecule has 1 N–H and O–H groups in total. The van der Waals surface area contributed by atoms with Crippen LogP contribution in [0, 0.1) is 0 Å². The van der Waals surface area contributed by atoms with E-state index in [1.54, 1.807) is 36.5 Å². The molecule has 1 heterocycles. The summed E-state index contributed by atoms with van der Waals surface area (Å²) in [6, 6.07) is 0.186. The third-order valence-electron chi connectivity index (χ3n) is 2.15. The van der Waals surface area contributed by atoms with Crippen molar-refractivity contribution in [2.75, 3.05) is 20.6 Å². The van der Waals surface area contributed by atoms with Crippen LogP contribution < -0.4 is 5.32 Å². The normalized spacial score (nSPS) is 12.5. The lowest BCUT2D eigenvalue weighted by molar-refractivity contribution is -0.128. The molecule has 1 atom stereocenters. The summed E-state index contributed by atoms with van der Waals surface area (Å²) >= 11 is 4.99. The van der Waals surface area contributed by atoms with Crippen molar-refractivity contribution >= 4 is 33.2 Å². The van der Waals surface area contributed by atoms with Crippen LogP contribution in [0.3, 0.4) is 0 Å². The number of aromatic nitrogens is 1. The number of hydrogen-bond donors (Lipinski definition) is 1. The topological polar surface area (TPSA) is 45.2 Å². The van der Waals surface area contributed by atoms with Gasteiger partial charge in [-0.2, -0.15) is 0 Å². The third kappa shape index (κ3) is 4.19. The molecule has 4 nitrogen and oxygen atoms in total. The van der Waals surface area contributed by atoms with E-state index in [2.05, 4.69) is 26.2 Å². The van der Waals surface area contributed by atoms with Gasteiger partial charge in [0.05, 0.1) is 16.0 Å². The molecule has 0 saturated carbocycles. The van der Waals surface area contributed by atoms with Crippen LogP contribution in [-0.2, 0) is 4.79 Å². The number of hydrogen-bond acceptors (Lipinski definition) is 4. The SMILES string of the molecule is CC(NCCC(=O)N(C)C)c1ncc(Br)s1. The van der Waals surface area contributed by atoms with Gasteiger partial charge in [0.1, 0.15) is 5.01 Å². The molecule has 1 amide bonds. The number of rotatable bonds is 5. The fourth-order valence-corrected chi connectivity index (χ4v) is 2.44. The van der Waals surface area contributed by atoms with E-state index in [4.69, 9.17) is 0 Å². The average Bonchev–Trinajstić information content (AvgIpc) is 2.64. The van der Waals surface area contributed by atoms with Gasteiger partial charge >= 0.3 is 0 Å². The van der Waals surface area contributed by atoms with Gasteiger partial charge in [-0.25, -0.2) is 4.98 Å². The zero-order valence-electron chi connectivity index (χ0n) is 9.66. The molecule has 0 aliphatic carbocycles. The molecule has 1 rings (SSSR count). The van der Waals surface area contributed by atoms with Gasteiger partial charge in [-0.15, -0.1) is 11.3 Å². The molecule has 1 aromatic rings. The van der Waals surface area contributed by atoms with E-state index in [1.165, 1.54) is 0 Å². The van der Waals surface area contributed by atoms with Gasteiger partial charge in [-0.1, -0.05) is 0 Å². The number of thiazole rings is 1. The fraction of sp³-hybridized carbons (Fsp3) is 0.600. The maximum absolute atomic E-state index is 11.3. The Morgan fingerprint density at radius 1 is 1.69 bits per heavy atom. The molecule has 0 fully saturated rings. The number of carbonyl (C=O) groups is 1. The van der Waals surface area contributed by atoms with Crippen molar-refractivity contribution in [3.05, 3.63) is 15.0 Å². The first-order chi connectivity index (χ1) is 7.50. The van der Waals surface area contributed by atoms with Crippen LogP contribution >= 0.6 is 27.3 Å². The lowest BCUT2D eigenvalue weighted by atomic mass is 10.3. The minimum atomic E-state index is 0.139. The van der Waals surface area contributed by atoms with E-state index in [0.29, 0.717) is 13.0 Å². The molecule has 16 heavy (non-hydrogen) atoms. The Kier molecular flexibility index (Phi) is 5.37. The summed E-state index contributed by atoms with van der Waals surface area (Å²) in [5, 5.41) is 4.31. The summed E-state index contributed by atoms with van der Waals surface area (Å²) in [4.78, 5) is 17.2. The number of amides is 1. The molecule has 0 aromatic carbocycles. The van der Waals surface area contributed by atoms with E-state index in [9.17, 15) is 4.79 Å². The van der Waals surface area contributed by atoms with Crippen LogP contribution in [0.2, 0.25) is 0 Å². The van der Waals surface area contributed by atoms with Crippen molar-refractivity contribution in [2.45, 2.75) is 19.4 Å². The van der Waals surface area contributed by atoms with Crippen LogP contribution in [0.4, 0.5) is 0 Å². The lowest BCUT2D eigenvalue weighted by Gasteiger charge is -2.13. The Balaban J connectivity index is 2.31. The second-order valence-corrected chi connectivity index (χ2v) is 6.16. The van der Waals surface area contributed by atoms with E-state index in [0.717, 1.165) is 8.79 Å². The largest absolute Gasteiger partial charge is 0.349 e. The molecule has 1 unspecified atom stereocenters. The van der Waals surface area contributed by atoms with Crippen LogP contribution in [0.5, 0.6) is 0 Å². The maximum Gasteiger partial charge on any atom is 0.223 e. The molecule has 6 heteroatoms. The Morgan fingerprint density at radius 2 is 2.38 bits per heavy atom. The van der Waals surface area contributed by atoms with Gasteiger partial charge < -0.3 is 10.2 Å². The van der Waals surface area contributed by atoms with Gasteiger partial charge in [0, 0.05) is 27.1 Å². The first-order valence-corrected chi connectivity index (χ1v) is 6.66. The molecule has 0 radical (unpaired) electrons. The van der Waals surface area contributed by atoms with E-state index in [1.807, 2.05) is 6.92 Å². The van der Waals surface area contributed by atoms with Crippen molar-refractivity contribution in [2.24, 2.45) is 0 Å². The Labute approximate surface area is 108 Å². The summed E-state index contributed by atoms with van der Waals surface area (Å²) in [6.45, 7) is 2.72. The summed E-state index contributed by atoms with van der Waals surface area (Å²) in [6.07, 6.45) is 2.31. The van der Waals surface area contributed by atoms with Crippen molar-refractivity contribution in [1.29, 1.82) is 0 Å². The zero-order chi connectivity index (χ0) is 12.1. The van der Waals surface area contributed by atoms with Gasteiger partial charge in [-0.3, -0.25) is 4.79 Å². The Morgan fingerprint density at radius 3 is 2.88 bits per heavy atom. The maximum atomic E-state index is 11.3. The number of halogens is 1. The smallest absolute Gasteiger partial charge is 0.223 e. The van der Waals surface area contributed by atoms with Crippen LogP contribution in [0.25, 0.3) is 0 Å². The molecular weight excluding hydrogens is 290 g/mol. The van der Waals surface area contributed by atoms with Crippen molar-refractivity contribution in [3.8, 4) is 0 Å². The van der Waals surface area contributed by atoms with Crippen LogP contribution in [0.1, 0.15) is 24.4 Å². The van der Waals surface area contributed by atoms with Gasteiger partial charge in [-0.05, 0) is 22.9 Å². The minimum Gasteiger partial charge on any atom is -0.349 e. The highest BCUT2D eigenvalue weighted by Gasteiger charge is 2.10. The fourth-order valence-electron chi connectivity index (χ4n) is 1.17. The van der Waals surface area contributed by atoms with Gasteiger partial charge in [0.25, 0.3) is 0 Å². The summed E-state index contributed by atoms with van der Waals surface area (Å²) in [5.74, 6) is 0.139. The third-order valence-corrected chi connectivity index (χ3v) is 3.81. The molecule has 0 spiro atoms. The summed E-state index contributed by atoms with van der Waals surface area (Å²) in [7, 11) is 3.54. The molecule has 1 aromatic heterocycles. The lowest BCUT2D eigenvalue weighted by Crippen LogP contribution is -2.28. The number of carbonyl (C=O) groups excluding carboxylic acids is 1.